The molecule has 0 atom stereocenters. The van der Waals surface area contributed by atoms with Gasteiger partial charge in [-0.25, -0.2) is 0 Å². The van der Waals surface area contributed by atoms with E-state index >= 15 is 0 Å². The highest BCUT2D eigenvalue weighted by atomic mass is 35.5. The lowest BCUT2D eigenvalue weighted by Crippen LogP contribution is -1.88. The van der Waals surface area contributed by atoms with Crippen molar-refractivity contribution in [1.29, 1.82) is 5.26 Å². The van der Waals surface area contributed by atoms with Crippen molar-refractivity contribution in [3.8, 4) is 17.2 Å². The maximum atomic E-state index is 11.2. The largest absolute Gasteiger partial charge is 0.442 e. The number of benzene rings is 2. The molecule has 0 saturated heterocycles. The van der Waals surface area contributed by atoms with Gasteiger partial charge in [-0.1, -0.05) is 23.7 Å². The monoisotopic (exact) mass is 298 g/mol. The van der Waals surface area contributed by atoms with Gasteiger partial charge in [0.05, 0.1) is 11.6 Å². The Labute approximate surface area is 124 Å². The van der Waals surface area contributed by atoms with Gasteiger partial charge in [0, 0.05) is 10.4 Å². The van der Waals surface area contributed by atoms with E-state index in [0.29, 0.717) is 32.7 Å². The number of nitriles is 1. The van der Waals surface area contributed by atoms with Crippen molar-refractivity contribution in [2.75, 3.05) is 0 Å². The lowest BCUT2D eigenvalue weighted by molar-refractivity contribution is -0.400. The van der Waals surface area contributed by atoms with Crippen molar-refractivity contribution in [1.82, 2.24) is 0 Å². The number of furan rings is 1. The van der Waals surface area contributed by atoms with Crippen LogP contribution in [0.4, 0.5) is 5.88 Å². The summed E-state index contributed by atoms with van der Waals surface area (Å²) in [7, 11) is 0. The minimum absolute atomic E-state index is 0.328. The summed E-state index contributed by atoms with van der Waals surface area (Å²) in [5.74, 6) is -0.359. The first kappa shape index (κ1) is 13.2. The predicted molar refractivity (Wildman–Crippen MR) is 78.0 cm³/mol. The molecule has 0 amide bonds. The Hall–Kier alpha value is -2.84. The highest BCUT2D eigenvalue weighted by Crippen LogP contribution is 2.40. The number of nitro groups is 1. The van der Waals surface area contributed by atoms with E-state index in [2.05, 4.69) is 0 Å². The van der Waals surface area contributed by atoms with Gasteiger partial charge in [-0.05, 0) is 35.9 Å². The highest BCUT2D eigenvalue weighted by molar-refractivity contribution is 6.31. The van der Waals surface area contributed by atoms with Gasteiger partial charge in [0.15, 0.2) is 0 Å². The van der Waals surface area contributed by atoms with E-state index in [1.165, 1.54) is 0 Å². The molecule has 0 aliphatic rings. The third kappa shape index (κ3) is 2.22. The molecule has 3 aromatic rings. The Kier molecular flexibility index (Phi) is 3.09. The molecule has 102 valence electrons. The zero-order valence-corrected chi connectivity index (χ0v) is 11.3. The molecule has 2 aromatic carbocycles. The molecule has 0 radical (unpaired) electrons. The van der Waals surface area contributed by atoms with Gasteiger partial charge in [0.1, 0.15) is 16.1 Å². The predicted octanol–water partition coefficient (Wildman–Crippen LogP) is 4.53. The quantitative estimate of drug-likeness (QED) is 0.514. The van der Waals surface area contributed by atoms with E-state index in [0.717, 1.165) is 0 Å². The summed E-state index contributed by atoms with van der Waals surface area (Å²) >= 11 is 5.95. The first-order chi connectivity index (χ1) is 10.1. The molecule has 3 rings (SSSR count). The maximum Gasteiger partial charge on any atom is 0.442 e. The van der Waals surface area contributed by atoms with Crippen LogP contribution in [0.3, 0.4) is 0 Å². The minimum atomic E-state index is -0.581. The topological polar surface area (TPSA) is 80.1 Å². The smallest absolute Gasteiger partial charge is 0.400 e. The Morgan fingerprint density at radius 2 is 2.05 bits per heavy atom. The lowest BCUT2D eigenvalue weighted by Gasteiger charge is -1.99. The van der Waals surface area contributed by atoms with Crippen LogP contribution >= 0.6 is 11.6 Å². The zero-order chi connectivity index (χ0) is 15.0. The number of rotatable bonds is 2. The number of hydrogen-bond acceptors (Lipinski definition) is 4. The number of fused-ring (bicyclic) bond motifs is 1. The van der Waals surface area contributed by atoms with Crippen LogP contribution in [0.1, 0.15) is 5.56 Å². The van der Waals surface area contributed by atoms with E-state index in [1.54, 1.807) is 42.5 Å². The summed E-state index contributed by atoms with van der Waals surface area (Å²) in [6, 6.07) is 13.4. The molecule has 0 aliphatic carbocycles. The molecule has 0 saturated carbocycles. The summed E-state index contributed by atoms with van der Waals surface area (Å²) in [5.41, 5.74) is 1.66. The summed E-state index contributed by atoms with van der Waals surface area (Å²) in [6.45, 7) is 0. The third-order valence-electron chi connectivity index (χ3n) is 3.08. The average molecular weight is 299 g/mol. The molecule has 6 heteroatoms. The normalized spacial score (nSPS) is 10.5. The SMILES string of the molecule is N#Cc1ccc2oc([N+](=O)[O-])c(-c3cccc(Cl)c3)c2c1. The van der Waals surface area contributed by atoms with Gasteiger partial charge >= 0.3 is 5.88 Å². The first-order valence-electron chi connectivity index (χ1n) is 5.97. The molecule has 1 heterocycles. The van der Waals surface area contributed by atoms with Gasteiger partial charge in [-0.2, -0.15) is 5.26 Å². The molecule has 0 N–H and O–H groups in total. The van der Waals surface area contributed by atoms with Crippen molar-refractivity contribution in [2.24, 2.45) is 0 Å². The van der Waals surface area contributed by atoms with E-state index in [4.69, 9.17) is 21.3 Å². The molecule has 1 aromatic heterocycles. The highest BCUT2D eigenvalue weighted by Gasteiger charge is 2.25. The van der Waals surface area contributed by atoms with Crippen LogP contribution in [-0.4, -0.2) is 4.92 Å². The molecule has 21 heavy (non-hydrogen) atoms. The van der Waals surface area contributed by atoms with Gasteiger partial charge in [0.25, 0.3) is 0 Å². The molecular weight excluding hydrogens is 292 g/mol. The average Bonchev–Trinajstić information content (AvgIpc) is 2.85. The molecular formula is C15H7ClN2O3. The second-order valence-corrected chi connectivity index (χ2v) is 4.81. The fourth-order valence-electron chi connectivity index (χ4n) is 2.21. The lowest BCUT2D eigenvalue weighted by atomic mass is 10.0. The number of halogens is 1. The molecule has 0 aliphatic heterocycles. The van der Waals surface area contributed by atoms with Crippen LogP contribution in [0.15, 0.2) is 46.9 Å². The van der Waals surface area contributed by atoms with Crippen LogP contribution in [0, 0.1) is 21.4 Å². The molecule has 0 bridgehead atoms. The first-order valence-corrected chi connectivity index (χ1v) is 6.35. The van der Waals surface area contributed by atoms with E-state index in [1.807, 2.05) is 6.07 Å². The van der Waals surface area contributed by atoms with Crippen molar-refractivity contribution in [3.63, 3.8) is 0 Å². The molecule has 5 nitrogen and oxygen atoms in total. The second kappa shape index (κ2) is 4.93. The standard InChI is InChI=1S/C15H7ClN2O3/c16-11-3-1-2-10(7-11)14-12-6-9(8-17)4-5-13(12)21-15(14)18(19)20/h1-7H. The van der Waals surface area contributed by atoms with Crippen LogP contribution in [-0.2, 0) is 0 Å². The Bertz CT molecular complexity index is 909. The van der Waals surface area contributed by atoms with Crippen LogP contribution in [0.2, 0.25) is 5.02 Å². The van der Waals surface area contributed by atoms with Crippen molar-refractivity contribution < 1.29 is 9.34 Å². The van der Waals surface area contributed by atoms with Crippen molar-refractivity contribution in [2.45, 2.75) is 0 Å². The Balaban J connectivity index is 2.40. The molecule has 0 unspecified atom stereocenters. The minimum Gasteiger partial charge on any atom is -0.400 e. The van der Waals surface area contributed by atoms with Crippen molar-refractivity contribution in [3.05, 3.63) is 63.2 Å². The number of nitrogens with zero attached hydrogens (tertiary/aromatic N) is 2. The van der Waals surface area contributed by atoms with Crippen LogP contribution in [0.5, 0.6) is 0 Å². The summed E-state index contributed by atoms with van der Waals surface area (Å²) in [4.78, 5) is 10.6. The van der Waals surface area contributed by atoms with Gasteiger partial charge in [-0.15, -0.1) is 0 Å². The summed E-state index contributed by atoms with van der Waals surface area (Å²) < 4.78 is 5.30. The van der Waals surface area contributed by atoms with E-state index in [-0.39, 0.29) is 5.88 Å². The fraction of sp³-hybridized carbons (Fsp3) is 0. The molecule has 0 spiro atoms. The van der Waals surface area contributed by atoms with Gasteiger partial charge in [0.2, 0.25) is 0 Å². The Morgan fingerprint density at radius 3 is 2.71 bits per heavy atom. The van der Waals surface area contributed by atoms with Crippen LogP contribution < -0.4 is 0 Å². The summed E-state index contributed by atoms with van der Waals surface area (Å²) in [6.07, 6.45) is 0. The van der Waals surface area contributed by atoms with Crippen LogP contribution in [0.25, 0.3) is 22.1 Å². The summed E-state index contributed by atoms with van der Waals surface area (Å²) in [5, 5.41) is 21.2. The van der Waals surface area contributed by atoms with Gasteiger partial charge < -0.3 is 4.42 Å². The second-order valence-electron chi connectivity index (χ2n) is 4.37. The maximum absolute atomic E-state index is 11.2. The van der Waals surface area contributed by atoms with Gasteiger partial charge in [-0.3, -0.25) is 10.1 Å². The zero-order valence-electron chi connectivity index (χ0n) is 10.5. The van der Waals surface area contributed by atoms with Crippen molar-refractivity contribution >= 4 is 28.5 Å². The Morgan fingerprint density at radius 1 is 1.24 bits per heavy atom. The van der Waals surface area contributed by atoms with E-state index in [9.17, 15) is 10.1 Å². The third-order valence-corrected chi connectivity index (χ3v) is 3.31. The van der Waals surface area contributed by atoms with E-state index < -0.39 is 4.92 Å². The fourth-order valence-corrected chi connectivity index (χ4v) is 2.40. The number of hydrogen-bond donors (Lipinski definition) is 0. The molecule has 0 fully saturated rings.